The second kappa shape index (κ2) is 13.9. The molecule has 3 aliphatic heterocycles. The lowest BCUT2D eigenvalue weighted by atomic mass is 10.0. The van der Waals surface area contributed by atoms with Crippen molar-refractivity contribution in [2.75, 3.05) is 38.0 Å². The summed E-state index contributed by atoms with van der Waals surface area (Å²) >= 11 is 3.27. The maximum Gasteiger partial charge on any atom is 0.410 e. The first-order valence-electron chi connectivity index (χ1n) is 14.4. The Hall–Kier alpha value is -4.08. The summed E-state index contributed by atoms with van der Waals surface area (Å²) in [5, 5.41) is 22.5. The zero-order valence-electron chi connectivity index (χ0n) is 23.6. The number of hydrogen-bond donors (Lipinski definition) is 3. The van der Waals surface area contributed by atoms with E-state index in [-0.39, 0.29) is 24.2 Å². The number of phenols is 1. The predicted octanol–water partition coefficient (Wildman–Crippen LogP) is 3.69. The lowest BCUT2D eigenvalue weighted by molar-refractivity contribution is -0.126. The number of aromatic hydroxyl groups is 1. The van der Waals surface area contributed by atoms with E-state index in [1.165, 1.54) is 6.07 Å². The zero-order valence-corrected chi connectivity index (χ0v) is 25.2. The van der Waals surface area contributed by atoms with Gasteiger partial charge in [-0.2, -0.15) is 4.99 Å². The van der Waals surface area contributed by atoms with Gasteiger partial charge in [0.2, 0.25) is 0 Å². The molecule has 3 heterocycles. The molecule has 12 heteroatoms. The van der Waals surface area contributed by atoms with Crippen LogP contribution in [0, 0.1) is 0 Å². The van der Waals surface area contributed by atoms with Gasteiger partial charge >= 0.3 is 12.1 Å². The second-order valence-electron chi connectivity index (χ2n) is 10.9. The van der Waals surface area contributed by atoms with Crippen molar-refractivity contribution in [3.63, 3.8) is 0 Å². The third-order valence-corrected chi connectivity index (χ3v) is 8.56. The first-order valence-corrected chi connectivity index (χ1v) is 15.1. The SMILES string of the molecule is O=C(N=C=C=CN1CC[C@H](O)C1)[C@@H](Cc1ccc(O)c(Br)c1)OC(=O)N1CCC(N2CCc3ccccc3NC2=O)CC1. The van der Waals surface area contributed by atoms with Gasteiger partial charge in [-0.3, -0.25) is 4.79 Å². The molecule has 0 aliphatic carbocycles. The number of ether oxygens (including phenoxy) is 1. The van der Waals surface area contributed by atoms with Crippen LogP contribution in [-0.2, 0) is 22.4 Å². The smallest absolute Gasteiger partial charge is 0.410 e. The van der Waals surface area contributed by atoms with Crippen molar-refractivity contribution in [3.05, 3.63) is 70.0 Å². The molecule has 2 aromatic carbocycles. The number of aliphatic hydroxyl groups is 1. The molecular weight excluding hydrogens is 618 g/mol. The van der Waals surface area contributed by atoms with Crippen LogP contribution in [0.5, 0.6) is 5.75 Å². The Balaban J connectivity index is 1.22. The van der Waals surface area contributed by atoms with E-state index in [2.05, 4.69) is 37.8 Å². The highest BCUT2D eigenvalue weighted by atomic mass is 79.9. The van der Waals surface area contributed by atoms with Gasteiger partial charge in [0.05, 0.1) is 16.8 Å². The minimum Gasteiger partial charge on any atom is -0.507 e. The highest BCUT2D eigenvalue weighted by Gasteiger charge is 2.33. The van der Waals surface area contributed by atoms with Crippen LogP contribution >= 0.6 is 15.9 Å². The first kappa shape index (κ1) is 30.4. The number of β-amino-alcohol motifs (C(OH)–C–C–N with tert-alkyl or cyclic N) is 1. The molecule has 3 aliphatic rings. The highest BCUT2D eigenvalue weighted by Crippen LogP contribution is 2.27. The summed E-state index contributed by atoms with van der Waals surface area (Å²) in [5.41, 5.74) is 5.29. The van der Waals surface area contributed by atoms with Gasteiger partial charge in [-0.05, 0) is 76.7 Å². The third kappa shape index (κ3) is 7.86. The van der Waals surface area contributed by atoms with Gasteiger partial charge in [-0.25, -0.2) is 9.59 Å². The minimum absolute atomic E-state index is 0.0246. The van der Waals surface area contributed by atoms with Crippen LogP contribution in [0.2, 0.25) is 0 Å². The molecule has 0 bridgehead atoms. The number of aliphatic imine (C=N–C) groups is 1. The van der Waals surface area contributed by atoms with Crippen LogP contribution in [-0.4, -0.2) is 99.8 Å². The van der Waals surface area contributed by atoms with Gasteiger partial charge in [0.25, 0.3) is 5.91 Å². The quantitative estimate of drug-likeness (QED) is 0.320. The van der Waals surface area contributed by atoms with Crippen molar-refractivity contribution in [2.24, 2.45) is 4.99 Å². The van der Waals surface area contributed by atoms with Crippen LogP contribution in [0.3, 0.4) is 0 Å². The van der Waals surface area contributed by atoms with Gasteiger partial charge in [-0.1, -0.05) is 24.3 Å². The number of anilines is 1. The largest absolute Gasteiger partial charge is 0.507 e. The molecule has 3 N–H and O–H groups in total. The Morgan fingerprint density at radius 3 is 2.67 bits per heavy atom. The van der Waals surface area contributed by atoms with Crippen LogP contribution in [0.1, 0.15) is 30.4 Å². The Bertz CT molecular complexity index is 1460. The number of carbonyl (C=O) groups excluding carboxylic acids is 3. The molecule has 0 radical (unpaired) electrons. The summed E-state index contributed by atoms with van der Waals surface area (Å²) in [7, 11) is 0. The van der Waals surface area contributed by atoms with Crippen molar-refractivity contribution in [1.29, 1.82) is 0 Å². The fourth-order valence-corrected chi connectivity index (χ4v) is 5.96. The maximum atomic E-state index is 13.2. The molecule has 5 rings (SSSR count). The summed E-state index contributed by atoms with van der Waals surface area (Å²) in [5.74, 6) is 1.82. The summed E-state index contributed by atoms with van der Waals surface area (Å²) < 4.78 is 6.13. The van der Waals surface area contributed by atoms with Crippen LogP contribution in [0.15, 0.2) is 63.9 Å². The van der Waals surface area contributed by atoms with E-state index in [0.29, 0.717) is 62.0 Å². The average molecular weight is 653 g/mol. The lowest BCUT2D eigenvalue weighted by Crippen LogP contribution is -2.50. The number of rotatable bonds is 6. The Morgan fingerprint density at radius 1 is 1.14 bits per heavy atom. The van der Waals surface area contributed by atoms with E-state index in [1.54, 1.807) is 23.2 Å². The molecule has 2 fully saturated rings. The number of piperidine rings is 1. The molecule has 11 nitrogen and oxygen atoms in total. The zero-order chi connectivity index (χ0) is 30.3. The number of phenolic OH excluding ortho intramolecular Hbond substituents is 1. The molecule has 0 unspecified atom stereocenters. The number of carbonyl (C=O) groups is 3. The molecule has 0 saturated carbocycles. The second-order valence-corrected chi connectivity index (χ2v) is 11.7. The Morgan fingerprint density at radius 2 is 1.93 bits per heavy atom. The number of aliphatic hydroxyl groups excluding tert-OH is 1. The van der Waals surface area contributed by atoms with Gasteiger partial charge in [0, 0.05) is 56.7 Å². The molecule has 2 saturated heterocycles. The summed E-state index contributed by atoms with van der Waals surface area (Å²) in [6.45, 7) is 2.49. The topological polar surface area (TPSA) is 135 Å². The van der Waals surface area contributed by atoms with Crippen molar-refractivity contribution in [3.8, 4) is 5.75 Å². The lowest BCUT2D eigenvalue weighted by Gasteiger charge is -2.37. The van der Waals surface area contributed by atoms with Gasteiger partial charge in [0.1, 0.15) is 5.75 Å². The molecule has 226 valence electrons. The number of amides is 4. The summed E-state index contributed by atoms with van der Waals surface area (Å²) in [6.07, 6.45) is 1.94. The Labute approximate surface area is 258 Å². The van der Waals surface area contributed by atoms with E-state index in [9.17, 15) is 24.6 Å². The third-order valence-electron chi connectivity index (χ3n) is 7.93. The van der Waals surface area contributed by atoms with Crippen molar-refractivity contribution < 1.29 is 29.3 Å². The number of nitrogens with one attached hydrogen (secondary N) is 1. The number of likely N-dealkylation sites (tertiary alicyclic amines) is 2. The molecule has 4 amide bonds. The van der Waals surface area contributed by atoms with Crippen LogP contribution in [0.4, 0.5) is 15.3 Å². The number of urea groups is 1. The van der Waals surface area contributed by atoms with E-state index in [4.69, 9.17) is 4.74 Å². The highest BCUT2D eigenvalue weighted by molar-refractivity contribution is 9.10. The number of fused-ring (bicyclic) bond motifs is 1. The number of benzene rings is 2. The molecular formula is C31H34BrN5O6. The number of hydrogen-bond acceptors (Lipinski definition) is 7. The van der Waals surface area contributed by atoms with Crippen molar-refractivity contribution >= 4 is 45.5 Å². The van der Waals surface area contributed by atoms with Crippen molar-refractivity contribution in [1.82, 2.24) is 14.7 Å². The molecule has 43 heavy (non-hydrogen) atoms. The fraction of sp³-hybridized carbons (Fsp3) is 0.419. The predicted molar refractivity (Wildman–Crippen MR) is 163 cm³/mol. The van der Waals surface area contributed by atoms with Gasteiger partial charge < -0.3 is 35.0 Å². The maximum absolute atomic E-state index is 13.2. The number of halogens is 1. The molecule has 2 aromatic rings. The minimum atomic E-state index is -1.22. The summed E-state index contributed by atoms with van der Waals surface area (Å²) in [4.78, 5) is 48.2. The van der Waals surface area contributed by atoms with Crippen molar-refractivity contribution in [2.45, 2.75) is 50.4 Å². The monoisotopic (exact) mass is 651 g/mol. The first-order chi connectivity index (χ1) is 20.8. The van der Waals surface area contributed by atoms with E-state index in [1.807, 2.05) is 34.1 Å². The number of para-hydroxylation sites is 1. The van der Waals surface area contributed by atoms with Gasteiger partial charge in [0.15, 0.2) is 6.10 Å². The van der Waals surface area contributed by atoms with Crippen LogP contribution < -0.4 is 5.32 Å². The summed E-state index contributed by atoms with van der Waals surface area (Å²) in [6, 6.07) is 12.4. The van der Waals surface area contributed by atoms with E-state index < -0.39 is 24.2 Å². The molecule has 2 atom stereocenters. The fourth-order valence-electron chi connectivity index (χ4n) is 5.53. The van der Waals surface area contributed by atoms with Gasteiger partial charge in [-0.15, -0.1) is 0 Å². The van der Waals surface area contributed by atoms with E-state index >= 15 is 0 Å². The standard InChI is InChI=1S/C31H34BrN5O6/c32-25-18-21(6-7-27(25)39)19-28(29(40)33-12-3-13-35-14-11-24(38)20-35)43-31(42)36-15-9-23(10-16-36)37-17-8-22-4-1-2-5-26(22)34-30(37)41/h1-2,4-7,13,18,23-24,28,38-39H,8-11,14-17,19-20H2,(H,34,41)/t24-,28+/m0/s1. The average Bonchev–Trinajstić information content (AvgIpc) is 3.34. The van der Waals surface area contributed by atoms with E-state index in [0.717, 1.165) is 17.7 Å². The molecule has 0 aromatic heterocycles. The molecule has 0 spiro atoms. The van der Waals surface area contributed by atoms with Crippen LogP contribution in [0.25, 0.3) is 0 Å². The normalized spacial score (nSPS) is 19.3. The number of nitrogens with zero attached hydrogens (tertiary/aromatic N) is 4. The Kier molecular flexibility index (Phi) is 9.84.